The van der Waals surface area contributed by atoms with Crippen molar-refractivity contribution in [2.45, 2.75) is 38.9 Å². The lowest BCUT2D eigenvalue weighted by atomic mass is 9.93. The van der Waals surface area contributed by atoms with Gasteiger partial charge in [0.25, 0.3) is 0 Å². The molecule has 0 spiro atoms. The van der Waals surface area contributed by atoms with Gasteiger partial charge in [-0.15, -0.1) is 0 Å². The number of hydrogen-bond donors (Lipinski definition) is 3. The van der Waals surface area contributed by atoms with Crippen molar-refractivity contribution in [3.8, 4) is 0 Å². The molecule has 1 heterocycles. The highest BCUT2D eigenvalue weighted by Crippen LogP contribution is 2.19. The third-order valence-electron chi connectivity index (χ3n) is 3.43. The van der Waals surface area contributed by atoms with Gasteiger partial charge in [-0.05, 0) is 29.5 Å². The van der Waals surface area contributed by atoms with Crippen molar-refractivity contribution in [3.05, 3.63) is 34.9 Å². The second-order valence-electron chi connectivity index (χ2n) is 4.69. The Hall–Kier alpha value is -0.900. The lowest BCUT2D eigenvalue weighted by Crippen LogP contribution is -2.34. The first-order valence-corrected chi connectivity index (χ1v) is 6.49. The molecule has 1 aliphatic heterocycles. The van der Waals surface area contributed by atoms with Crippen LogP contribution in [0.4, 0.5) is 0 Å². The molecule has 1 unspecified atom stereocenters. The maximum atomic E-state index is 8.73. The Labute approximate surface area is 103 Å². The highest BCUT2D eigenvalue weighted by Gasteiger charge is 2.16. The Bertz CT molecular complexity index is 365. The maximum absolute atomic E-state index is 8.73. The van der Waals surface area contributed by atoms with Crippen LogP contribution in [0.5, 0.6) is 0 Å². The van der Waals surface area contributed by atoms with Crippen molar-refractivity contribution in [1.82, 2.24) is 10.6 Å². The third-order valence-corrected chi connectivity index (χ3v) is 3.43. The zero-order valence-corrected chi connectivity index (χ0v) is 10.5. The largest absolute Gasteiger partial charge is 0.395 e. The molecule has 1 atom stereocenters. The lowest BCUT2D eigenvalue weighted by Gasteiger charge is -2.25. The summed E-state index contributed by atoms with van der Waals surface area (Å²) < 4.78 is 0. The molecule has 0 bridgehead atoms. The van der Waals surface area contributed by atoms with E-state index in [-0.39, 0.29) is 6.61 Å². The topological polar surface area (TPSA) is 44.3 Å². The molecule has 0 amide bonds. The molecule has 1 aliphatic rings. The van der Waals surface area contributed by atoms with Crippen LogP contribution in [-0.2, 0) is 19.5 Å². The first-order valence-electron chi connectivity index (χ1n) is 6.49. The van der Waals surface area contributed by atoms with Crippen LogP contribution >= 0.6 is 0 Å². The summed E-state index contributed by atoms with van der Waals surface area (Å²) >= 11 is 0. The van der Waals surface area contributed by atoms with Gasteiger partial charge in [-0.2, -0.15) is 0 Å². The number of nitrogens with one attached hydrogen (secondary N) is 2. The molecule has 2 rings (SSSR count). The number of aliphatic hydroxyl groups excluding tert-OH is 1. The van der Waals surface area contributed by atoms with Gasteiger partial charge >= 0.3 is 0 Å². The van der Waals surface area contributed by atoms with Crippen LogP contribution in [0, 0.1) is 0 Å². The smallest absolute Gasteiger partial charge is 0.0556 e. The van der Waals surface area contributed by atoms with Gasteiger partial charge in [-0.1, -0.05) is 25.1 Å². The van der Waals surface area contributed by atoms with Crippen LogP contribution in [0.15, 0.2) is 18.2 Å². The number of aliphatic hydroxyl groups is 1. The monoisotopic (exact) mass is 234 g/mol. The van der Waals surface area contributed by atoms with Crippen molar-refractivity contribution in [3.63, 3.8) is 0 Å². The van der Waals surface area contributed by atoms with E-state index in [1.54, 1.807) is 0 Å². The molecule has 94 valence electrons. The van der Waals surface area contributed by atoms with Gasteiger partial charge in [0.2, 0.25) is 0 Å². The van der Waals surface area contributed by atoms with E-state index in [0.29, 0.717) is 12.6 Å². The fourth-order valence-electron chi connectivity index (χ4n) is 2.34. The fourth-order valence-corrected chi connectivity index (χ4v) is 2.34. The second-order valence-corrected chi connectivity index (χ2v) is 4.69. The van der Waals surface area contributed by atoms with Gasteiger partial charge in [-0.3, -0.25) is 0 Å². The highest BCUT2D eigenvalue weighted by molar-refractivity contribution is 5.34. The van der Waals surface area contributed by atoms with Crippen LogP contribution < -0.4 is 10.6 Å². The zero-order chi connectivity index (χ0) is 12.1. The number of benzene rings is 1. The Morgan fingerprint density at radius 1 is 1.41 bits per heavy atom. The summed E-state index contributed by atoms with van der Waals surface area (Å²) in [5.41, 5.74) is 4.23. The first kappa shape index (κ1) is 12.6. The Morgan fingerprint density at radius 3 is 3.06 bits per heavy atom. The summed E-state index contributed by atoms with van der Waals surface area (Å²) in [7, 11) is 0. The Balaban J connectivity index is 2.02. The minimum absolute atomic E-state index is 0.201. The van der Waals surface area contributed by atoms with Crippen LogP contribution in [0.3, 0.4) is 0 Å². The molecular formula is C14H22N2O. The fraction of sp³-hybridized carbons (Fsp3) is 0.571. The molecule has 0 saturated heterocycles. The van der Waals surface area contributed by atoms with E-state index in [9.17, 15) is 0 Å². The Morgan fingerprint density at radius 2 is 2.29 bits per heavy atom. The van der Waals surface area contributed by atoms with Gasteiger partial charge in [0.05, 0.1) is 6.61 Å². The number of hydrogen-bond acceptors (Lipinski definition) is 3. The van der Waals surface area contributed by atoms with Crippen molar-refractivity contribution in [2.75, 3.05) is 13.2 Å². The average molecular weight is 234 g/mol. The summed E-state index contributed by atoms with van der Waals surface area (Å²) in [5, 5.41) is 15.5. The normalized spacial score (nSPS) is 19.1. The van der Waals surface area contributed by atoms with E-state index in [1.807, 2.05) is 0 Å². The van der Waals surface area contributed by atoms with Crippen molar-refractivity contribution in [2.24, 2.45) is 0 Å². The summed E-state index contributed by atoms with van der Waals surface area (Å²) in [5.74, 6) is 0. The molecule has 17 heavy (non-hydrogen) atoms. The van der Waals surface area contributed by atoms with Crippen molar-refractivity contribution >= 4 is 0 Å². The van der Waals surface area contributed by atoms with Gasteiger partial charge in [0.1, 0.15) is 0 Å². The molecule has 0 aliphatic carbocycles. The highest BCUT2D eigenvalue weighted by atomic mass is 16.3. The summed E-state index contributed by atoms with van der Waals surface area (Å²) in [6.45, 7) is 4.94. The van der Waals surface area contributed by atoms with Gasteiger partial charge in [0.15, 0.2) is 0 Å². The molecule has 0 fully saturated rings. The standard InChI is InChI=1S/C14H22N2O/c1-2-14-8-13-7-11(9-15-5-6-17)3-4-12(13)10-16-14/h3-4,7,14-17H,2,5-6,8-10H2,1H3. The predicted molar refractivity (Wildman–Crippen MR) is 69.9 cm³/mol. The quantitative estimate of drug-likeness (QED) is 0.671. The van der Waals surface area contributed by atoms with Crippen LogP contribution in [0.2, 0.25) is 0 Å². The second kappa shape index (κ2) is 6.15. The minimum Gasteiger partial charge on any atom is -0.395 e. The predicted octanol–water partition coefficient (Wildman–Crippen LogP) is 1.19. The van der Waals surface area contributed by atoms with E-state index in [2.05, 4.69) is 35.8 Å². The molecule has 1 aromatic rings. The van der Waals surface area contributed by atoms with Crippen LogP contribution in [0.25, 0.3) is 0 Å². The number of fused-ring (bicyclic) bond motifs is 1. The van der Waals surface area contributed by atoms with E-state index < -0.39 is 0 Å². The van der Waals surface area contributed by atoms with Crippen molar-refractivity contribution in [1.29, 1.82) is 0 Å². The van der Waals surface area contributed by atoms with Crippen molar-refractivity contribution < 1.29 is 5.11 Å². The first-order chi connectivity index (χ1) is 8.33. The van der Waals surface area contributed by atoms with E-state index >= 15 is 0 Å². The summed E-state index contributed by atoms with van der Waals surface area (Å²) in [4.78, 5) is 0. The third kappa shape index (κ3) is 3.28. The minimum atomic E-state index is 0.201. The van der Waals surface area contributed by atoms with Gasteiger partial charge in [-0.25, -0.2) is 0 Å². The molecular weight excluding hydrogens is 212 g/mol. The van der Waals surface area contributed by atoms with Gasteiger partial charge in [0, 0.05) is 25.7 Å². The lowest BCUT2D eigenvalue weighted by molar-refractivity contribution is 0.292. The molecule has 3 nitrogen and oxygen atoms in total. The average Bonchev–Trinajstić information content (AvgIpc) is 2.38. The van der Waals surface area contributed by atoms with E-state index in [4.69, 9.17) is 5.11 Å². The maximum Gasteiger partial charge on any atom is 0.0556 e. The zero-order valence-electron chi connectivity index (χ0n) is 10.5. The van der Waals surface area contributed by atoms with E-state index in [0.717, 1.165) is 19.5 Å². The van der Waals surface area contributed by atoms with Gasteiger partial charge < -0.3 is 15.7 Å². The molecule has 3 heteroatoms. The molecule has 1 aromatic carbocycles. The van der Waals surface area contributed by atoms with Crippen LogP contribution in [0.1, 0.15) is 30.0 Å². The molecule has 3 N–H and O–H groups in total. The van der Waals surface area contributed by atoms with Crippen LogP contribution in [-0.4, -0.2) is 24.3 Å². The molecule has 0 aromatic heterocycles. The summed E-state index contributed by atoms with van der Waals surface area (Å²) in [6.07, 6.45) is 2.33. The number of rotatable bonds is 5. The molecule has 0 radical (unpaired) electrons. The SMILES string of the molecule is CCC1Cc2cc(CNCCO)ccc2CN1. The Kier molecular flexibility index (Phi) is 4.54. The molecule has 0 saturated carbocycles. The summed E-state index contributed by atoms with van der Waals surface area (Å²) in [6, 6.07) is 7.34. The van der Waals surface area contributed by atoms with E-state index in [1.165, 1.54) is 23.1 Å².